The molecule has 20 heteroatoms. The highest BCUT2D eigenvalue weighted by atomic mass is 19.2. The molecule has 288 valence electrons. The minimum absolute atomic E-state index is 0.0304. The van der Waals surface area contributed by atoms with Gasteiger partial charge in [-0.25, -0.2) is 41.9 Å². The molecule has 16 nitrogen and oxygen atoms in total. The van der Waals surface area contributed by atoms with Crippen LogP contribution < -0.4 is 11.1 Å². The number of benzene rings is 3. The molecule has 0 saturated heterocycles. The van der Waals surface area contributed by atoms with Crippen LogP contribution in [0.25, 0.3) is 32.4 Å². The van der Waals surface area contributed by atoms with E-state index in [-0.39, 0.29) is 36.7 Å². The summed E-state index contributed by atoms with van der Waals surface area (Å²) in [5, 5.41) is 16.4. The lowest BCUT2D eigenvalue weighted by atomic mass is 10.1. The summed E-state index contributed by atoms with van der Waals surface area (Å²) in [6.45, 7) is 3.72. The molecule has 0 bridgehead atoms. The van der Waals surface area contributed by atoms with Gasteiger partial charge in [-0.3, -0.25) is 5.32 Å². The maximum atomic E-state index is 14.3. The number of nitrogens with one attached hydrogen (secondary N) is 1. The van der Waals surface area contributed by atoms with Crippen LogP contribution in [0.5, 0.6) is 0 Å². The average Bonchev–Trinajstić information content (AvgIpc) is 3.50. The monoisotopic (exact) mass is 767 g/mol. The van der Waals surface area contributed by atoms with E-state index in [4.69, 9.17) is 25.5 Å². The number of nitrogens with zero attached hydrogens (tertiary/aromatic N) is 7. The average molecular weight is 768 g/mol. The van der Waals surface area contributed by atoms with Gasteiger partial charge in [0.05, 0.1) is 42.4 Å². The molecule has 0 aliphatic rings. The van der Waals surface area contributed by atoms with Crippen molar-refractivity contribution >= 4 is 57.3 Å². The number of hydrogen-bond acceptors (Lipinski definition) is 11. The van der Waals surface area contributed by atoms with Gasteiger partial charge >= 0.3 is 18.2 Å². The Morgan fingerprint density at radius 1 is 1.05 bits per heavy atom. The number of esters is 1. The minimum atomic E-state index is -1.98. The molecular weight excluding hydrogens is 734 g/mol. The maximum absolute atomic E-state index is 14.3. The Hall–Kier alpha value is -6.66. The minimum Gasteiger partial charge on any atom is -0.466 e. The van der Waals surface area contributed by atoms with E-state index >= 15 is 0 Å². The smallest absolute Gasteiger partial charge is 0.411 e. The molecule has 55 heavy (non-hydrogen) atoms. The zero-order valence-electron chi connectivity index (χ0n) is 29.6. The predicted octanol–water partition coefficient (Wildman–Crippen LogP) is 7.06. The molecule has 2 heterocycles. The summed E-state index contributed by atoms with van der Waals surface area (Å²) in [6.07, 6.45) is -3.81. The number of nitrogen functional groups attached to an aromatic ring is 1. The Morgan fingerprint density at radius 2 is 1.71 bits per heavy atom. The van der Waals surface area contributed by atoms with Crippen molar-refractivity contribution < 1.29 is 51.3 Å². The van der Waals surface area contributed by atoms with Crippen molar-refractivity contribution in [3.05, 3.63) is 99.2 Å². The molecule has 0 aliphatic carbocycles. The lowest BCUT2D eigenvalue weighted by Gasteiger charge is -2.25. The lowest BCUT2D eigenvalue weighted by Crippen LogP contribution is -2.35. The van der Waals surface area contributed by atoms with Gasteiger partial charge in [-0.2, -0.15) is 0 Å². The number of halogens is 4. The Balaban J connectivity index is 1.32. The number of para-hydroxylation sites is 1. The summed E-state index contributed by atoms with van der Waals surface area (Å²) in [7, 11) is 1.09. The molecule has 2 aromatic heterocycles. The number of carbonyl (C=O) groups is 3. The lowest BCUT2D eigenvalue weighted by molar-refractivity contribution is -0.151. The Labute approximate surface area is 309 Å². The van der Waals surface area contributed by atoms with Crippen molar-refractivity contribution in [3.8, 4) is 0 Å². The van der Waals surface area contributed by atoms with Gasteiger partial charge < -0.3 is 34.5 Å². The molecule has 0 radical (unpaired) electrons. The standard InChI is InChI=1S/C35H33F4N9O7/c1-5-47(14-22-44-28-29(48(22)16-35(2,3)52)19-8-6-7-9-21(19)43-31(28)40)34(51)55-30(32(49)53-4)17-10-12-18(13-11-17)42-33(50)54-15-20-23(36)25(38)27(45-46-41)26(39)24(20)37/h6-13,30,52H,5,14-16H2,1-4H3,(H2,40,43)(H,42,50). The second-order valence-electron chi connectivity index (χ2n) is 12.5. The van der Waals surface area contributed by atoms with Gasteiger partial charge in [-0.15, -0.1) is 0 Å². The highest BCUT2D eigenvalue weighted by Crippen LogP contribution is 2.32. The first-order valence-electron chi connectivity index (χ1n) is 16.3. The summed E-state index contributed by atoms with van der Waals surface area (Å²) in [5.41, 5.74) is 12.4. The number of pyridine rings is 1. The SMILES string of the molecule is CCN(Cc1nc2c(N)nc3ccccc3c2n1CC(C)(C)O)C(=O)OC(C(=O)OC)c1ccc(NC(=O)OCc2c(F)c(F)c(N=[N+]=[N-])c(F)c2F)cc1. The van der Waals surface area contributed by atoms with E-state index in [1.807, 2.05) is 18.2 Å². The van der Waals surface area contributed by atoms with Gasteiger partial charge in [0.25, 0.3) is 0 Å². The molecular formula is C35H33F4N9O7. The van der Waals surface area contributed by atoms with E-state index in [9.17, 15) is 37.1 Å². The number of anilines is 2. The Bertz CT molecular complexity index is 2310. The molecule has 1 unspecified atom stereocenters. The van der Waals surface area contributed by atoms with Gasteiger partial charge in [0, 0.05) is 28.1 Å². The molecule has 4 N–H and O–H groups in total. The van der Waals surface area contributed by atoms with Crippen LogP contribution in [0, 0.1) is 23.3 Å². The van der Waals surface area contributed by atoms with E-state index in [1.54, 1.807) is 31.4 Å². The maximum Gasteiger partial charge on any atom is 0.411 e. The van der Waals surface area contributed by atoms with Gasteiger partial charge in [0.15, 0.2) is 29.1 Å². The van der Waals surface area contributed by atoms with Crippen LogP contribution >= 0.6 is 0 Å². The van der Waals surface area contributed by atoms with Crippen LogP contribution in [0.4, 0.5) is 44.3 Å². The zero-order valence-corrected chi connectivity index (χ0v) is 29.6. The van der Waals surface area contributed by atoms with Crippen molar-refractivity contribution in [2.75, 3.05) is 24.7 Å². The molecule has 1 atom stereocenters. The van der Waals surface area contributed by atoms with Crippen molar-refractivity contribution in [2.45, 2.75) is 52.2 Å². The van der Waals surface area contributed by atoms with Crippen LogP contribution in [0.1, 0.15) is 43.8 Å². The number of fused-ring (bicyclic) bond motifs is 3. The molecule has 3 aromatic carbocycles. The molecule has 0 fully saturated rings. The Kier molecular flexibility index (Phi) is 11.6. The highest BCUT2D eigenvalue weighted by Gasteiger charge is 2.31. The fraction of sp³-hybridized carbons (Fsp3) is 0.286. The number of nitrogens with two attached hydrogens (primary N) is 1. The number of imidazole rings is 1. The summed E-state index contributed by atoms with van der Waals surface area (Å²) in [5.74, 6) is -8.24. The van der Waals surface area contributed by atoms with Crippen LogP contribution in [0.15, 0.2) is 53.6 Å². The number of aromatic nitrogens is 3. The fourth-order valence-electron chi connectivity index (χ4n) is 5.55. The number of ether oxygens (including phenoxy) is 3. The summed E-state index contributed by atoms with van der Waals surface area (Å²) >= 11 is 0. The number of aliphatic hydroxyl groups is 1. The highest BCUT2D eigenvalue weighted by molar-refractivity contribution is 6.06. The Morgan fingerprint density at radius 3 is 2.31 bits per heavy atom. The van der Waals surface area contributed by atoms with Crippen LogP contribution in [0.2, 0.25) is 0 Å². The topological polar surface area (TPSA) is 220 Å². The summed E-state index contributed by atoms with van der Waals surface area (Å²) in [6, 6.07) is 12.4. The normalized spacial score (nSPS) is 11.9. The molecule has 0 aliphatic heterocycles. The molecule has 2 amide bonds. The molecule has 5 aromatic rings. The number of rotatable bonds is 12. The van der Waals surface area contributed by atoms with Gasteiger partial charge in [-0.05, 0) is 44.5 Å². The fourth-order valence-corrected chi connectivity index (χ4v) is 5.55. The van der Waals surface area contributed by atoms with Gasteiger partial charge in [0.2, 0.25) is 6.10 Å². The first-order chi connectivity index (χ1) is 26.1. The largest absolute Gasteiger partial charge is 0.466 e. The summed E-state index contributed by atoms with van der Waals surface area (Å²) in [4.78, 5) is 51.3. The van der Waals surface area contributed by atoms with Crippen molar-refractivity contribution in [2.24, 2.45) is 5.11 Å². The van der Waals surface area contributed by atoms with Crippen molar-refractivity contribution in [3.63, 3.8) is 0 Å². The van der Waals surface area contributed by atoms with Gasteiger partial charge in [0.1, 0.15) is 23.6 Å². The molecule has 0 spiro atoms. The molecule has 5 rings (SSSR count). The van der Waals surface area contributed by atoms with E-state index in [0.29, 0.717) is 22.4 Å². The second-order valence-corrected chi connectivity index (χ2v) is 12.5. The van der Waals surface area contributed by atoms with E-state index in [2.05, 4.69) is 25.3 Å². The van der Waals surface area contributed by atoms with Crippen molar-refractivity contribution in [1.82, 2.24) is 19.4 Å². The number of hydrogen-bond donors (Lipinski definition) is 3. The zero-order chi connectivity index (χ0) is 40.2. The third-order valence-electron chi connectivity index (χ3n) is 8.12. The number of azide groups is 1. The van der Waals surface area contributed by atoms with Crippen LogP contribution in [0.3, 0.4) is 0 Å². The number of methoxy groups -OCH3 is 1. The van der Waals surface area contributed by atoms with E-state index < -0.39 is 71.0 Å². The summed E-state index contributed by atoms with van der Waals surface area (Å²) < 4.78 is 73.7. The predicted molar refractivity (Wildman–Crippen MR) is 188 cm³/mol. The number of amides is 2. The first-order valence-corrected chi connectivity index (χ1v) is 16.3. The first kappa shape index (κ1) is 39.5. The van der Waals surface area contributed by atoms with E-state index in [0.717, 1.165) is 12.5 Å². The van der Waals surface area contributed by atoms with E-state index in [1.165, 1.54) is 29.2 Å². The molecule has 0 saturated carbocycles. The second kappa shape index (κ2) is 16.1. The quantitative estimate of drug-likeness (QED) is 0.0223. The van der Waals surface area contributed by atoms with Crippen LogP contribution in [-0.2, 0) is 38.7 Å². The third-order valence-corrected chi connectivity index (χ3v) is 8.12. The number of carbonyl (C=O) groups excluding carboxylic acids is 3. The van der Waals surface area contributed by atoms with Crippen LogP contribution in [-0.4, -0.2) is 62.0 Å². The van der Waals surface area contributed by atoms with Crippen molar-refractivity contribution in [1.29, 1.82) is 0 Å². The third kappa shape index (κ3) is 8.45. The van der Waals surface area contributed by atoms with Gasteiger partial charge in [-0.1, -0.05) is 35.4 Å².